The van der Waals surface area contributed by atoms with Crippen LogP contribution in [0.4, 0.5) is 10.5 Å². The van der Waals surface area contributed by atoms with Gasteiger partial charge in [0.2, 0.25) is 0 Å². The van der Waals surface area contributed by atoms with Crippen molar-refractivity contribution in [3.05, 3.63) is 95.6 Å². The molecular formula is C28H27N3O5. The summed E-state index contributed by atoms with van der Waals surface area (Å²) in [6, 6.07) is 22.1. The monoisotopic (exact) mass is 485 g/mol. The van der Waals surface area contributed by atoms with E-state index in [1.165, 1.54) is 0 Å². The fourth-order valence-electron chi connectivity index (χ4n) is 4.01. The molecule has 1 aliphatic heterocycles. The molecule has 0 radical (unpaired) electrons. The Labute approximate surface area is 209 Å². The highest BCUT2D eigenvalue weighted by molar-refractivity contribution is 6.11. The summed E-state index contributed by atoms with van der Waals surface area (Å²) in [5.74, 6) is -0.325. The van der Waals surface area contributed by atoms with Crippen molar-refractivity contribution >= 4 is 29.3 Å². The van der Waals surface area contributed by atoms with Gasteiger partial charge in [-0.1, -0.05) is 30.3 Å². The maximum atomic E-state index is 13.1. The second-order valence-electron chi connectivity index (χ2n) is 8.82. The molecule has 0 aromatic heterocycles. The first-order valence-corrected chi connectivity index (χ1v) is 11.6. The Bertz CT molecular complexity index is 1270. The number of aryl methyl sites for hydroxylation is 1. The summed E-state index contributed by atoms with van der Waals surface area (Å²) in [4.78, 5) is 51.7. The number of carbonyl (C=O) groups is 4. The third-order valence-corrected chi connectivity index (χ3v) is 6.22. The molecule has 3 aromatic carbocycles. The van der Waals surface area contributed by atoms with Gasteiger partial charge in [0.1, 0.15) is 11.3 Å². The van der Waals surface area contributed by atoms with Gasteiger partial charge in [-0.05, 0) is 73.9 Å². The zero-order chi connectivity index (χ0) is 25.7. The van der Waals surface area contributed by atoms with E-state index in [1.54, 1.807) is 62.6 Å². The number of carbonyl (C=O) groups excluding carboxylic acids is 4. The minimum Gasteiger partial charge on any atom is -0.497 e. The molecule has 1 aliphatic rings. The van der Waals surface area contributed by atoms with Crippen molar-refractivity contribution in [2.24, 2.45) is 0 Å². The van der Waals surface area contributed by atoms with Crippen LogP contribution >= 0.6 is 0 Å². The minimum atomic E-state index is -1.09. The number of imide groups is 1. The van der Waals surface area contributed by atoms with Gasteiger partial charge in [-0.2, -0.15) is 0 Å². The maximum absolute atomic E-state index is 13.1. The topological polar surface area (TPSA) is 105 Å². The van der Waals surface area contributed by atoms with Gasteiger partial charge in [0.05, 0.1) is 13.7 Å². The van der Waals surface area contributed by atoms with E-state index in [0.29, 0.717) is 29.7 Å². The average Bonchev–Trinajstić information content (AvgIpc) is 3.11. The Morgan fingerprint density at radius 1 is 0.917 bits per heavy atom. The first kappa shape index (κ1) is 24.7. The van der Waals surface area contributed by atoms with E-state index in [-0.39, 0.29) is 18.2 Å². The van der Waals surface area contributed by atoms with Crippen LogP contribution in [0.1, 0.15) is 39.6 Å². The van der Waals surface area contributed by atoms with Crippen molar-refractivity contribution < 1.29 is 23.9 Å². The Kier molecular flexibility index (Phi) is 7.15. The van der Waals surface area contributed by atoms with Crippen molar-refractivity contribution in [1.29, 1.82) is 0 Å². The van der Waals surface area contributed by atoms with Gasteiger partial charge in [0.25, 0.3) is 11.8 Å². The molecule has 0 bridgehead atoms. The molecule has 36 heavy (non-hydrogen) atoms. The molecule has 4 amide bonds. The van der Waals surface area contributed by atoms with Crippen molar-refractivity contribution in [2.75, 3.05) is 19.0 Å². The third-order valence-electron chi connectivity index (χ3n) is 6.22. The standard InChI is InChI=1S/C28H27N3O5/c1-28(17-16-19-8-14-23(36-2)15-9-19)26(34)31(27(35)30-28)18-24(32)20-10-12-22(13-11-20)29-25(33)21-6-4-3-5-7-21/h3-15H,16-18H2,1-2H3,(H,29,33)(H,30,35). The summed E-state index contributed by atoms with van der Waals surface area (Å²) in [6.07, 6.45) is 0.967. The number of rotatable bonds is 9. The van der Waals surface area contributed by atoms with Gasteiger partial charge >= 0.3 is 6.03 Å². The van der Waals surface area contributed by atoms with E-state index in [2.05, 4.69) is 10.6 Å². The molecule has 0 saturated carbocycles. The Morgan fingerprint density at radius 3 is 2.22 bits per heavy atom. The Hall–Kier alpha value is -4.46. The molecule has 1 fully saturated rings. The second kappa shape index (κ2) is 10.4. The number of methoxy groups -OCH3 is 1. The van der Waals surface area contributed by atoms with Gasteiger partial charge in [0.15, 0.2) is 5.78 Å². The fraction of sp³-hybridized carbons (Fsp3) is 0.214. The first-order valence-electron chi connectivity index (χ1n) is 11.6. The van der Waals surface area contributed by atoms with Crippen LogP contribution in [0.2, 0.25) is 0 Å². The number of hydrogen-bond acceptors (Lipinski definition) is 5. The van der Waals surface area contributed by atoms with E-state index >= 15 is 0 Å². The summed E-state index contributed by atoms with van der Waals surface area (Å²) >= 11 is 0. The summed E-state index contributed by atoms with van der Waals surface area (Å²) < 4.78 is 5.16. The lowest BCUT2D eigenvalue weighted by atomic mass is 9.93. The molecule has 184 valence electrons. The third kappa shape index (κ3) is 5.43. The molecule has 1 heterocycles. The van der Waals surface area contributed by atoms with Crippen LogP contribution in [-0.2, 0) is 11.2 Å². The van der Waals surface area contributed by atoms with Gasteiger partial charge in [-0.15, -0.1) is 0 Å². The van der Waals surface area contributed by atoms with Gasteiger partial charge in [-0.25, -0.2) is 4.79 Å². The van der Waals surface area contributed by atoms with Gasteiger partial charge < -0.3 is 15.4 Å². The molecule has 3 aromatic rings. The number of amides is 4. The number of anilines is 1. The van der Waals surface area contributed by atoms with Crippen LogP contribution in [0.5, 0.6) is 5.75 Å². The largest absolute Gasteiger partial charge is 0.497 e. The number of hydrogen-bond donors (Lipinski definition) is 2. The van der Waals surface area contributed by atoms with E-state index in [1.807, 2.05) is 30.3 Å². The predicted molar refractivity (Wildman–Crippen MR) is 135 cm³/mol. The maximum Gasteiger partial charge on any atom is 0.325 e. The van der Waals surface area contributed by atoms with Gasteiger partial charge in [0, 0.05) is 16.8 Å². The molecule has 0 spiro atoms. The fourth-order valence-corrected chi connectivity index (χ4v) is 4.01. The van der Waals surface area contributed by atoms with Crippen LogP contribution in [0.25, 0.3) is 0 Å². The zero-order valence-corrected chi connectivity index (χ0v) is 20.1. The summed E-state index contributed by atoms with van der Waals surface area (Å²) in [5, 5.41) is 5.51. The first-order chi connectivity index (χ1) is 17.3. The molecule has 0 aliphatic carbocycles. The van der Waals surface area contributed by atoms with Crippen LogP contribution in [0, 0.1) is 0 Å². The highest BCUT2D eigenvalue weighted by Crippen LogP contribution is 2.24. The van der Waals surface area contributed by atoms with Gasteiger partial charge in [-0.3, -0.25) is 19.3 Å². The highest BCUT2D eigenvalue weighted by Gasteiger charge is 2.47. The lowest BCUT2D eigenvalue weighted by molar-refractivity contribution is -0.130. The number of ketones is 1. The van der Waals surface area contributed by atoms with E-state index < -0.39 is 17.5 Å². The number of nitrogens with zero attached hydrogens (tertiary/aromatic N) is 1. The van der Waals surface area contributed by atoms with E-state index in [4.69, 9.17) is 4.74 Å². The number of nitrogens with one attached hydrogen (secondary N) is 2. The molecule has 8 nitrogen and oxygen atoms in total. The molecule has 1 saturated heterocycles. The normalized spacial score (nSPS) is 17.0. The average molecular weight is 486 g/mol. The van der Waals surface area contributed by atoms with Crippen molar-refractivity contribution in [1.82, 2.24) is 10.2 Å². The number of urea groups is 1. The molecule has 2 N–H and O–H groups in total. The Balaban J connectivity index is 1.35. The highest BCUT2D eigenvalue weighted by atomic mass is 16.5. The van der Waals surface area contributed by atoms with Crippen LogP contribution in [-0.4, -0.2) is 47.7 Å². The Morgan fingerprint density at radius 2 is 1.58 bits per heavy atom. The van der Waals surface area contributed by atoms with Crippen LogP contribution < -0.4 is 15.4 Å². The lowest BCUT2D eigenvalue weighted by Gasteiger charge is -2.21. The van der Waals surface area contributed by atoms with Crippen molar-refractivity contribution in [2.45, 2.75) is 25.3 Å². The molecule has 1 atom stereocenters. The summed E-state index contributed by atoms with van der Waals surface area (Å²) in [5.41, 5.74) is 1.30. The number of ether oxygens (including phenoxy) is 1. The summed E-state index contributed by atoms with van der Waals surface area (Å²) in [6.45, 7) is 1.31. The summed E-state index contributed by atoms with van der Waals surface area (Å²) in [7, 11) is 1.59. The lowest BCUT2D eigenvalue weighted by Crippen LogP contribution is -2.44. The zero-order valence-electron chi connectivity index (χ0n) is 20.1. The molecule has 1 unspecified atom stereocenters. The SMILES string of the molecule is COc1ccc(CCC2(C)NC(=O)N(CC(=O)c3ccc(NC(=O)c4ccccc4)cc3)C2=O)cc1. The number of Topliss-reactive ketones (excluding diaryl/α,β-unsaturated/α-hetero) is 1. The quantitative estimate of drug-likeness (QED) is 0.351. The van der Waals surface area contributed by atoms with Crippen molar-refractivity contribution in [3.8, 4) is 5.75 Å². The van der Waals surface area contributed by atoms with E-state index in [9.17, 15) is 19.2 Å². The van der Waals surface area contributed by atoms with Crippen LogP contribution in [0.15, 0.2) is 78.9 Å². The smallest absolute Gasteiger partial charge is 0.325 e. The van der Waals surface area contributed by atoms with Crippen molar-refractivity contribution in [3.63, 3.8) is 0 Å². The molecular weight excluding hydrogens is 458 g/mol. The minimum absolute atomic E-state index is 0.261. The number of benzene rings is 3. The van der Waals surface area contributed by atoms with Crippen LogP contribution in [0.3, 0.4) is 0 Å². The van der Waals surface area contributed by atoms with E-state index in [0.717, 1.165) is 16.2 Å². The molecule has 4 rings (SSSR count). The predicted octanol–water partition coefficient (Wildman–Crippen LogP) is 4.07. The molecule has 8 heteroatoms. The second-order valence-corrected chi connectivity index (χ2v) is 8.82.